The first kappa shape index (κ1) is 17.1. The van der Waals surface area contributed by atoms with Gasteiger partial charge in [-0.15, -0.1) is 0 Å². The van der Waals surface area contributed by atoms with E-state index in [1.807, 2.05) is 26.1 Å². The summed E-state index contributed by atoms with van der Waals surface area (Å²) in [6.45, 7) is 4.80. The fourth-order valence-electron chi connectivity index (χ4n) is 2.08. The second-order valence-electron chi connectivity index (χ2n) is 5.19. The molecule has 1 aromatic rings. The Labute approximate surface area is 123 Å². The molecule has 20 heavy (non-hydrogen) atoms. The Balaban J connectivity index is 2.63. The van der Waals surface area contributed by atoms with E-state index in [1.54, 1.807) is 12.1 Å². The van der Waals surface area contributed by atoms with E-state index >= 15 is 0 Å². The van der Waals surface area contributed by atoms with Crippen LogP contribution in [-0.2, 0) is 16.6 Å². The third-order valence-electron chi connectivity index (χ3n) is 3.21. The smallest absolute Gasteiger partial charge is 0.240 e. The molecule has 0 aromatic heterocycles. The largest absolute Gasteiger partial charge is 0.316 e. The van der Waals surface area contributed by atoms with Gasteiger partial charge in [0.2, 0.25) is 10.0 Å². The minimum Gasteiger partial charge on any atom is -0.316 e. The van der Waals surface area contributed by atoms with Crippen LogP contribution in [0.4, 0.5) is 0 Å². The second kappa shape index (κ2) is 8.39. The number of nitrogens with one attached hydrogen (secondary N) is 2. The van der Waals surface area contributed by atoms with Gasteiger partial charge in [0.05, 0.1) is 4.90 Å². The molecule has 4 nitrogen and oxygen atoms in total. The van der Waals surface area contributed by atoms with Crippen LogP contribution in [0.25, 0.3) is 0 Å². The lowest BCUT2D eigenvalue weighted by molar-refractivity contribution is 0.527. The minimum absolute atomic E-state index is 0.0245. The molecule has 0 bridgehead atoms. The van der Waals surface area contributed by atoms with Gasteiger partial charge in [0, 0.05) is 12.6 Å². The van der Waals surface area contributed by atoms with Gasteiger partial charge in [-0.25, -0.2) is 13.1 Å². The van der Waals surface area contributed by atoms with Crippen molar-refractivity contribution in [3.05, 3.63) is 29.8 Å². The van der Waals surface area contributed by atoms with Crippen LogP contribution < -0.4 is 10.0 Å². The van der Waals surface area contributed by atoms with E-state index in [0.29, 0.717) is 4.90 Å². The summed E-state index contributed by atoms with van der Waals surface area (Å²) >= 11 is 0. The summed E-state index contributed by atoms with van der Waals surface area (Å²) in [6, 6.07) is 6.98. The molecule has 1 unspecified atom stereocenters. The topological polar surface area (TPSA) is 58.2 Å². The Morgan fingerprint density at radius 2 is 1.80 bits per heavy atom. The standard InChI is InChI=1S/C15H26N2O2S/c1-4-5-6-7-13(2)17-20(18,19)15-10-8-14(9-11-15)12-16-3/h8-11,13,16-17H,4-7,12H2,1-3H3. The van der Waals surface area contributed by atoms with Gasteiger partial charge in [0.25, 0.3) is 0 Å². The predicted molar refractivity (Wildman–Crippen MR) is 83.1 cm³/mol. The van der Waals surface area contributed by atoms with Crippen molar-refractivity contribution in [3.8, 4) is 0 Å². The monoisotopic (exact) mass is 298 g/mol. The first-order valence-electron chi connectivity index (χ1n) is 7.25. The summed E-state index contributed by atoms with van der Waals surface area (Å²) in [4.78, 5) is 0.333. The molecule has 1 atom stereocenters. The van der Waals surface area contributed by atoms with Crippen molar-refractivity contribution in [3.63, 3.8) is 0 Å². The summed E-state index contributed by atoms with van der Waals surface area (Å²) in [6.07, 6.45) is 4.23. The molecule has 2 N–H and O–H groups in total. The molecule has 5 heteroatoms. The molecule has 0 aliphatic carbocycles. The van der Waals surface area contributed by atoms with E-state index in [4.69, 9.17) is 0 Å². The normalized spacial score (nSPS) is 13.3. The number of rotatable bonds is 9. The van der Waals surface area contributed by atoms with Crippen molar-refractivity contribution < 1.29 is 8.42 Å². The van der Waals surface area contributed by atoms with E-state index in [-0.39, 0.29) is 6.04 Å². The van der Waals surface area contributed by atoms with Crippen LogP contribution in [-0.4, -0.2) is 21.5 Å². The predicted octanol–water partition coefficient (Wildman–Crippen LogP) is 2.65. The highest BCUT2D eigenvalue weighted by Gasteiger charge is 2.16. The van der Waals surface area contributed by atoms with Crippen molar-refractivity contribution in [2.24, 2.45) is 0 Å². The third kappa shape index (κ3) is 5.61. The molecule has 0 radical (unpaired) electrons. The van der Waals surface area contributed by atoms with Crippen LogP contribution in [0.5, 0.6) is 0 Å². The number of hydrogen-bond donors (Lipinski definition) is 2. The van der Waals surface area contributed by atoms with E-state index in [0.717, 1.165) is 37.8 Å². The average molecular weight is 298 g/mol. The van der Waals surface area contributed by atoms with E-state index in [1.165, 1.54) is 0 Å². The maximum absolute atomic E-state index is 12.2. The Morgan fingerprint density at radius 1 is 1.15 bits per heavy atom. The molecule has 0 saturated carbocycles. The molecule has 0 aliphatic heterocycles. The Morgan fingerprint density at radius 3 is 2.35 bits per heavy atom. The molecule has 1 aromatic carbocycles. The first-order valence-corrected chi connectivity index (χ1v) is 8.73. The van der Waals surface area contributed by atoms with E-state index in [9.17, 15) is 8.42 Å². The zero-order chi connectivity index (χ0) is 15.0. The van der Waals surface area contributed by atoms with Crippen LogP contribution in [0.15, 0.2) is 29.2 Å². The Hall–Kier alpha value is -0.910. The highest BCUT2D eigenvalue weighted by Crippen LogP contribution is 2.12. The molecule has 0 aliphatic rings. The zero-order valence-corrected chi connectivity index (χ0v) is 13.5. The Bertz CT molecular complexity index is 483. The number of unbranched alkanes of at least 4 members (excludes halogenated alkanes) is 2. The molecular weight excluding hydrogens is 272 g/mol. The van der Waals surface area contributed by atoms with Gasteiger partial charge in [-0.05, 0) is 38.1 Å². The van der Waals surface area contributed by atoms with Gasteiger partial charge >= 0.3 is 0 Å². The van der Waals surface area contributed by atoms with Crippen molar-refractivity contribution in [1.29, 1.82) is 0 Å². The average Bonchev–Trinajstić information content (AvgIpc) is 2.39. The summed E-state index contributed by atoms with van der Waals surface area (Å²) in [5, 5.41) is 3.04. The van der Waals surface area contributed by atoms with Gasteiger partial charge < -0.3 is 5.32 Å². The summed E-state index contributed by atoms with van der Waals surface area (Å²) in [7, 11) is -1.53. The van der Waals surface area contributed by atoms with Gasteiger partial charge in [0.1, 0.15) is 0 Å². The second-order valence-corrected chi connectivity index (χ2v) is 6.91. The molecule has 0 amide bonds. The lowest BCUT2D eigenvalue weighted by Crippen LogP contribution is -2.32. The van der Waals surface area contributed by atoms with E-state index < -0.39 is 10.0 Å². The van der Waals surface area contributed by atoms with Crippen LogP contribution in [0, 0.1) is 0 Å². The van der Waals surface area contributed by atoms with Crippen molar-refractivity contribution in [2.45, 2.75) is 57.0 Å². The molecule has 0 fully saturated rings. The SMILES string of the molecule is CCCCCC(C)NS(=O)(=O)c1ccc(CNC)cc1. The quantitative estimate of drug-likeness (QED) is 0.689. The molecule has 0 saturated heterocycles. The van der Waals surface area contributed by atoms with Crippen molar-refractivity contribution in [2.75, 3.05) is 7.05 Å². The molecule has 1 rings (SSSR count). The van der Waals surface area contributed by atoms with Crippen molar-refractivity contribution >= 4 is 10.0 Å². The van der Waals surface area contributed by atoms with Crippen LogP contribution in [0.1, 0.15) is 45.1 Å². The minimum atomic E-state index is -3.40. The maximum atomic E-state index is 12.2. The number of benzene rings is 1. The molecule has 0 spiro atoms. The fraction of sp³-hybridized carbons (Fsp3) is 0.600. The highest BCUT2D eigenvalue weighted by molar-refractivity contribution is 7.89. The highest BCUT2D eigenvalue weighted by atomic mass is 32.2. The number of sulfonamides is 1. The lowest BCUT2D eigenvalue weighted by atomic mass is 10.1. The molecular formula is C15H26N2O2S. The first-order chi connectivity index (χ1) is 9.49. The van der Waals surface area contributed by atoms with Gasteiger partial charge in [0.15, 0.2) is 0 Å². The van der Waals surface area contributed by atoms with Crippen molar-refractivity contribution in [1.82, 2.24) is 10.0 Å². The zero-order valence-electron chi connectivity index (χ0n) is 12.6. The molecule has 114 valence electrons. The van der Waals surface area contributed by atoms with Gasteiger partial charge in [-0.2, -0.15) is 0 Å². The Kier molecular flexibility index (Phi) is 7.19. The number of hydrogen-bond acceptors (Lipinski definition) is 3. The van der Waals surface area contributed by atoms with Crippen LogP contribution >= 0.6 is 0 Å². The van der Waals surface area contributed by atoms with Crippen LogP contribution in [0.2, 0.25) is 0 Å². The molecule has 0 heterocycles. The van der Waals surface area contributed by atoms with Gasteiger partial charge in [-0.3, -0.25) is 0 Å². The summed E-state index contributed by atoms with van der Waals surface area (Å²) < 4.78 is 27.2. The summed E-state index contributed by atoms with van der Waals surface area (Å²) in [5.74, 6) is 0. The lowest BCUT2D eigenvalue weighted by Gasteiger charge is -2.14. The van der Waals surface area contributed by atoms with Gasteiger partial charge in [-0.1, -0.05) is 38.3 Å². The van der Waals surface area contributed by atoms with Crippen LogP contribution in [0.3, 0.4) is 0 Å². The fourth-order valence-corrected chi connectivity index (χ4v) is 3.36. The summed E-state index contributed by atoms with van der Waals surface area (Å²) in [5.41, 5.74) is 1.07. The van der Waals surface area contributed by atoms with E-state index in [2.05, 4.69) is 17.0 Å². The third-order valence-corrected chi connectivity index (χ3v) is 4.82. The maximum Gasteiger partial charge on any atom is 0.240 e.